The molecule has 4 saturated heterocycles. The number of H-pyrrole nitrogens is 1. The number of halogens is 5. The van der Waals surface area contributed by atoms with E-state index in [4.69, 9.17) is 9.72 Å². The molecule has 14 heteroatoms. The Hall–Kier alpha value is -4.09. The molecule has 0 saturated carbocycles. The number of rotatable bonds is 5. The molecule has 0 aliphatic carbocycles. The van der Waals surface area contributed by atoms with Crippen LogP contribution in [0.15, 0.2) is 24.4 Å². The zero-order chi connectivity index (χ0) is 31.1. The molecule has 0 spiro atoms. The van der Waals surface area contributed by atoms with Crippen LogP contribution in [0.25, 0.3) is 32.9 Å². The Bertz CT molecular complexity index is 1860. The Labute approximate surface area is 254 Å². The lowest BCUT2D eigenvalue weighted by Crippen LogP contribution is -2.51. The summed E-state index contributed by atoms with van der Waals surface area (Å²) in [6.07, 6.45) is -0.743. The first-order chi connectivity index (χ1) is 21.6. The Morgan fingerprint density at radius 3 is 2.64 bits per heavy atom. The van der Waals surface area contributed by atoms with Gasteiger partial charge in [0.25, 0.3) is 0 Å². The molecule has 2 N–H and O–H groups in total. The summed E-state index contributed by atoms with van der Waals surface area (Å²) in [5.41, 5.74) is -2.90. The van der Waals surface area contributed by atoms with Crippen LogP contribution in [0.4, 0.5) is 27.8 Å². The van der Waals surface area contributed by atoms with Crippen molar-refractivity contribution in [2.24, 2.45) is 0 Å². The largest absolute Gasteiger partial charge is 0.461 e. The van der Waals surface area contributed by atoms with E-state index in [-0.39, 0.29) is 52.1 Å². The maximum atomic E-state index is 16.9. The standard InChI is InChI=1S/C31H29F5N8O/c32-17-9-30(6-1-7-44(30)12-17)15-45-29-40-27-20(28(41-29)43-13-18-2-3-19(14-43)39-18)8-16(10-37)24(26(27)33)25-21-11-38-42-23(21)5-4-22(25)31(34,35)36/h4-5,8,11,17-19,39H,1-3,6-7,9,12-15H2,(H,38,42)/t17-,18?,19?,30+/m1/s1. The Morgan fingerprint density at radius 2 is 1.89 bits per heavy atom. The van der Waals surface area contributed by atoms with E-state index in [1.165, 1.54) is 18.3 Å². The van der Waals surface area contributed by atoms with Crippen LogP contribution in [-0.4, -0.2) is 81.6 Å². The van der Waals surface area contributed by atoms with Crippen molar-refractivity contribution in [1.29, 1.82) is 5.26 Å². The molecule has 4 aliphatic rings. The molecule has 2 bridgehead atoms. The average molecular weight is 625 g/mol. The van der Waals surface area contributed by atoms with Gasteiger partial charge in [-0.25, -0.2) is 8.78 Å². The van der Waals surface area contributed by atoms with E-state index in [0.717, 1.165) is 38.3 Å². The Balaban J connectivity index is 1.32. The summed E-state index contributed by atoms with van der Waals surface area (Å²) in [4.78, 5) is 13.2. The van der Waals surface area contributed by atoms with Crippen LogP contribution in [-0.2, 0) is 6.18 Å². The van der Waals surface area contributed by atoms with Gasteiger partial charge in [0.1, 0.15) is 24.1 Å². The number of benzene rings is 2. The second-order valence-corrected chi connectivity index (χ2v) is 12.7. The summed E-state index contributed by atoms with van der Waals surface area (Å²) in [5.74, 6) is -0.733. The first-order valence-electron chi connectivity index (χ1n) is 15.1. The summed E-state index contributed by atoms with van der Waals surface area (Å²) in [5, 5.41) is 20.5. The van der Waals surface area contributed by atoms with Crippen molar-refractivity contribution < 1.29 is 26.7 Å². The average Bonchev–Trinajstić information content (AvgIpc) is 3.78. The van der Waals surface area contributed by atoms with E-state index < -0.39 is 40.4 Å². The highest BCUT2D eigenvalue weighted by Gasteiger charge is 2.49. The quantitative estimate of drug-likeness (QED) is 0.296. The lowest BCUT2D eigenvalue weighted by molar-refractivity contribution is -0.137. The minimum absolute atomic E-state index is 0.0199. The molecular formula is C31H29F5N8O. The van der Waals surface area contributed by atoms with Crippen LogP contribution in [0.5, 0.6) is 6.01 Å². The molecule has 0 amide bonds. The van der Waals surface area contributed by atoms with Crippen molar-refractivity contribution in [3.05, 3.63) is 41.3 Å². The number of nitrogens with zero attached hydrogens (tertiary/aromatic N) is 6. The molecule has 234 valence electrons. The third-order valence-electron chi connectivity index (χ3n) is 9.94. The van der Waals surface area contributed by atoms with Crippen molar-refractivity contribution >= 4 is 27.6 Å². The summed E-state index contributed by atoms with van der Waals surface area (Å²) >= 11 is 0. The van der Waals surface area contributed by atoms with E-state index in [1.54, 1.807) is 0 Å². The Morgan fingerprint density at radius 1 is 1.09 bits per heavy atom. The highest BCUT2D eigenvalue weighted by molar-refractivity contribution is 6.02. The monoisotopic (exact) mass is 624 g/mol. The van der Waals surface area contributed by atoms with Crippen LogP contribution in [0.2, 0.25) is 0 Å². The van der Waals surface area contributed by atoms with Gasteiger partial charge in [-0.15, -0.1) is 0 Å². The molecule has 2 aromatic carbocycles. The highest BCUT2D eigenvalue weighted by Crippen LogP contribution is 2.46. The SMILES string of the molecule is N#Cc1cc2c(N3CC4CCC(C3)N4)nc(OC[C@@]34CCCN3C[C@H](F)C4)nc2c(F)c1-c1c(C(F)(F)F)ccc2[nH]ncc12. The minimum Gasteiger partial charge on any atom is -0.461 e. The van der Waals surface area contributed by atoms with Crippen LogP contribution < -0.4 is 15.0 Å². The van der Waals surface area contributed by atoms with Gasteiger partial charge in [-0.3, -0.25) is 10.00 Å². The maximum Gasteiger partial charge on any atom is 0.417 e. The van der Waals surface area contributed by atoms with E-state index in [0.29, 0.717) is 31.9 Å². The van der Waals surface area contributed by atoms with Crippen LogP contribution in [0.1, 0.15) is 43.2 Å². The molecule has 9 nitrogen and oxygen atoms in total. The molecule has 45 heavy (non-hydrogen) atoms. The fraction of sp³-hybridized carbons (Fsp3) is 0.484. The second kappa shape index (κ2) is 10.2. The summed E-state index contributed by atoms with van der Waals surface area (Å²) in [6.45, 7) is 2.32. The lowest BCUT2D eigenvalue weighted by atomic mass is 9.91. The third kappa shape index (κ3) is 4.58. The van der Waals surface area contributed by atoms with Gasteiger partial charge in [-0.2, -0.15) is 33.5 Å². The second-order valence-electron chi connectivity index (χ2n) is 12.7. The fourth-order valence-electron chi connectivity index (χ4n) is 7.97. The molecule has 4 aromatic rings. The lowest BCUT2D eigenvalue weighted by Gasteiger charge is -2.34. The van der Waals surface area contributed by atoms with Gasteiger partial charge in [-0.1, -0.05) is 0 Å². The van der Waals surface area contributed by atoms with E-state index in [9.17, 15) is 22.8 Å². The van der Waals surface area contributed by atoms with Crippen molar-refractivity contribution in [2.75, 3.05) is 37.7 Å². The predicted octanol–water partition coefficient (Wildman–Crippen LogP) is 5.10. The number of aromatic nitrogens is 4. The van der Waals surface area contributed by atoms with Gasteiger partial charge in [-0.05, 0) is 50.4 Å². The number of anilines is 1. The van der Waals surface area contributed by atoms with Gasteiger partial charge in [0.15, 0.2) is 5.82 Å². The number of nitrogens with one attached hydrogen (secondary N) is 2. The molecule has 6 heterocycles. The molecule has 4 fully saturated rings. The summed E-state index contributed by atoms with van der Waals surface area (Å²) < 4.78 is 80.6. The third-order valence-corrected chi connectivity index (χ3v) is 9.94. The van der Waals surface area contributed by atoms with Gasteiger partial charge < -0.3 is 15.0 Å². The van der Waals surface area contributed by atoms with Gasteiger partial charge in [0.2, 0.25) is 0 Å². The van der Waals surface area contributed by atoms with Crippen LogP contribution in [0, 0.1) is 17.1 Å². The maximum absolute atomic E-state index is 16.9. The predicted molar refractivity (Wildman–Crippen MR) is 155 cm³/mol. The van der Waals surface area contributed by atoms with Crippen LogP contribution >= 0.6 is 0 Å². The minimum atomic E-state index is -4.85. The topological polar surface area (TPSA) is 106 Å². The zero-order valence-corrected chi connectivity index (χ0v) is 24.1. The molecule has 2 unspecified atom stereocenters. The normalized spacial score (nSPS) is 26.6. The molecule has 0 radical (unpaired) electrons. The first kappa shape index (κ1) is 28.4. The molecule has 8 rings (SSSR count). The number of ether oxygens (including phenoxy) is 1. The van der Waals surface area contributed by atoms with Crippen molar-refractivity contribution in [3.63, 3.8) is 0 Å². The van der Waals surface area contributed by atoms with E-state index >= 15 is 4.39 Å². The van der Waals surface area contributed by atoms with Crippen molar-refractivity contribution in [1.82, 2.24) is 30.4 Å². The van der Waals surface area contributed by atoms with Gasteiger partial charge in [0.05, 0.1) is 34.4 Å². The Kier molecular flexibility index (Phi) is 6.44. The van der Waals surface area contributed by atoms with Gasteiger partial charge >= 0.3 is 12.2 Å². The number of piperazine rings is 1. The number of hydrogen-bond donors (Lipinski definition) is 2. The summed E-state index contributed by atoms with van der Waals surface area (Å²) in [6, 6.07) is 5.62. The van der Waals surface area contributed by atoms with E-state index in [1.807, 2.05) is 11.0 Å². The first-order valence-corrected chi connectivity index (χ1v) is 15.1. The molecule has 4 aliphatic heterocycles. The molecule has 4 atom stereocenters. The summed E-state index contributed by atoms with van der Waals surface area (Å²) in [7, 11) is 0. The van der Waals surface area contributed by atoms with E-state index in [2.05, 4.69) is 25.4 Å². The number of aromatic amines is 1. The number of fused-ring (bicyclic) bond motifs is 5. The highest BCUT2D eigenvalue weighted by atomic mass is 19.4. The molecular weight excluding hydrogens is 595 g/mol. The zero-order valence-electron chi connectivity index (χ0n) is 24.1. The number of alkyl halides is 4. The number of nitriles is 1. The molecule has 2 aromatic heterocycles. The smallest absolute Gasteiger partial charge is 0.417 e. The van der Waals surface area contributed by atoms with Crippen molar-refractivity contribution in [2.45, 2.75) is 62.1 Å². The van der Waals surface area contributed by atoms with Crippen LogP contribution in [0.3, 0.4) is 0 Å². The van der Waals surface area contributed by atoms with Gasteiger partial charge in [0, 0.05) is 60.0 Å². The number of hydrogen-bond acceptors (Lipinski definition) is 8. The fourth-order valence-corrected chi connectivity index (χ4v) is 7.97. The van der Waals surface area contributed by atoms with Crippen molar-refractivity contribution in [3.8, 4) is 23.2 Å².